The minimum absolute atomic E-state index is 0.369. The standard InChI is InChI=1S/C29H24FN3O2/c1-17-14-19(16-31)4-11-23(17)28(21-8-9-21)27(20-6-2-18(3-7-20)5-13-26(34)35)22-10-12-25-24(15-22)29(30)33-32-25/h2-7,10-15,21,29,32-33H,8-9H2,1H3,(H,34,35)/b13-5+,28-27+. The molecule has 3 aromatic carbocycles. The molecule has 0 aromatic heterocycles. The van der Waals surface area contributed by atoms with E-state index in [0.29, 0.717) is 17.0 Å². The molecule has 3 N–H and O–H groups in total. The number of nitrogens with zero attached hydrogens (tertiary/aromatic N) is 1. The number of hydrazine groups is 1. The van der Waals surface area contributed by atoms with E-state index in [1.807, 2.05) is 67.6 Å². The normalized spacial score (nSPS) is 17.5. The third-order valence-corrected chi connectivity index (χ3v) is 6.47. The average molecular weight is 466 g/mol. The van der Waals surface area contributed by atoms with E-state index >= 15 is 0 Å². The van der Waals surface area contributed by atoms with Crippen LogP contribution >= 0.6 is 0 Å². The maximum Gasteiger partial charge on any atom is 0.328 e. The van der Waals surface area contributed by atoms with Gasteiger partial charge in [0.25, 0.3) is 0 Å². The van der Waals surface area contributed by atoms with Gasteiger partial charge in [0.2, 0.25) is 0 Å². The number of carboxylic acids is 1. The maximum atomic E-state index is 14.5. The summed E-state index contributed by atoms with van der Waals surface area (Å²) in [7, 11) is 0. The number of carbonyl (C=O) groups is 1. The molecule has 1 saturated carbocycles. The van der Waals surface area contributed by atoms with Crippen LogP contribution in [0.1, 0.15) is 58.1 Å². The summed E-state index contributed by atoms with van der Waals surface area (Å²) < 4.78 is 14.5. The lowest BCUT2D eigenvalue weighted by Gasteiger charge is -2.20. The smallest absolute Gasteiger partial charge is 0.328 e. The van der Waals surface area contributed by atoms with Gasteiger partial charge in [0.15, 0.2) is 6.30 Å². The Hall–Kier alpha value is -4.21. The Balaban J connectivity index is 1.72. The highest BCUT2D eigenvalue weighted by atomic mass is 19.1. The van der Waals surface area contributed by atoms with Gasteiger partial charge in [-0.2, -0.15) is 5.26 Å². The lowest BCUT2D eigenvalue weighted by Crippen LogP contribution is -2.14. The minimum Gasteiger partial charge on any atom is -0.478 e. The molecule has 1 fully saturated rings. The van der Waals surface area contributed by atoms with E-state index in [1.54, 1.807) is 6.08 Å². The van der Waals surface area contributed by atoms with Crippen LogP contribution in [0.5, 0.6) is 0 Å². The summed E-state index contributed by atoms with van der Waals surface area (Å²) in [5.74, 6) is -0.628. The van der Waals surface area contributed by atoms with Gasteiger partial charge in [-0.25, -0.2) is 14.6 Å². The number of aryl methyl sites for hydroxylation is 1. The molecule has 35 heavy (non-hydrogen) atoms. The second kappa shape index (κ2) is 9.21. The fraction of sp³-hybridized carbons (Fsp3) is 0.172. The Morgan fingerprint density at radius 2 is 1.83 bits per heavy atom. The van der Waals surface area contributed by atoms with Gasteiger partial charge in [-0.1, -0.05) is 36.4 Å². The highest BCUT2D eigenvalue weighted by Crippen LogP contribution is 2.49. The van der Waals surface area contributed by atoms with Crippen LogP contribution in [0.15, 0.2) is 66.7 Å². The number of nitrogens with one attached hydrogen (secondary N) is 2. The number of hydrogen-bond acceptors (Lipinski definition) is 4. The summed E-state index contributed by atoms with van der Waals surface area (Å²) in [5.41, 5.74) is 14.4. The van der Waals surface area contributed by atoms with Gasteiger partial charge in [0.1, 0.15) is 0 Å². The summed E-state index contributed by atoms with van der Waals surface area (Å²) in [5, 5.41) is 18.3. The van der Waals surface area contributed by atoms with Crippen LogP contribution in [0.4, 0.5) is 10.1 Å². The molecule has 5 rings (SSSR count). The first-order valence-corrected chi connectivity index (χ1v) is 11.5. The molecule has 6 heteroatoms. The Labute approximate surface area is 203 Å². The maximum absolute atomic E-state index is 14.5. The lowest BCUT2D eigenvalue weighted by molar-refractivity contribution is -0.131. The van der Waals surface area contributed by atoms with Gasteiger partial charge in [0, 0.05) is 11.6 Å². The number of hydrogen-bond donors (Lipinski definition) is 3. The number of nitriles is 1. The molecular weight excluding hydrogens is 441 g/mol. The first-order chi connectivity index (χ1) is 16.9. The summed E-state index contributed by atoms with van der Waals surface area (Å²) in [4.78, 5) is 10.9. The van der Waals surface area contributed by atoms with Crippen molar-refractivity contribution < 1.29 is 14.3 Å². The quantitative estimate of drug-likeness (QED) is 0.228. The molecule has 0 bridgehead atoms. The molecule has 0 radical (unpaired) electrons. The van der Waals surface area contributed by atoms with E-state index in [4.69, 9.17) is 5.11 Å². The summed E-state index contributed by atoms with van der Waals surface area (Å²) >= 11 is 0. The molecular formula is C29H24FN3O2. The molecule has 174 valence electrons. The molecule has 3 aromatic rings. The Kier molecular flexibility index (Phi) is 5.94. The lowest BCUT2D eigenvalue weighted by atomic mass is 9.84. The van der Waals surface area contributed by atoms with E-state index in [2.05, 4.69) is 16.9 Å². The number of fused-ring (bicyclic) bond motifs is 1. The zero-order valence-electron chi connectivity index (χ0n) is 19.2. The molecule has 2 aliphatic rings. The number of carboxylic acid groups (broad SMARTS) is 1. The summed E-state index contributed by atoms with van der Waals surface area (Å²) in [6.45, 7) is 2.02. The Morgan fingerprint density at radius 3 is 2.49 bits per heavy atom. The molecule has 5 nitrogen and oxygen atoms in total. The van der Waals surface area contributed by atoms with Crippen LogP contribution in [-0.2, 0) is 4.79 Å². The highest BCUT2D eigenvalue weighted by molar-refractivity contribution is 6.01. The third-order valence-electron chi connectivity index (χ3n) is 6.47. The monoisotopic (exact) mass is 465 g/mol. The molecule has 1 unspecified atom stereocenters. The fourth-order valence-electron chi connectivity index (χ4n) is 4.63. The van der Waals surface area contributed by atoms with Crippen molar-refractivity contribution in [3.63, 3.8) is 0 Å². The zero-order chi connectivity index (χ0) is 24.5. The Bertz CT molecular complexity index is 1410. The Morgan fingerprint density at radius 1 is 1.09 bits per heavy atom. The van der Waals surface area contributed by atoms with Crippen LogP contribution in [0, 0.1) is 24.2 Å². The van der Waals surface area contributed by atoms with Crippen LogP contribution in [0.25, 0.3) is 17.2 Å². The van der Waals surface area contributed by atoms with Gasteiger partial charge >= 0.3 is 5.97 Å². The van der Waals surface area contributed by atoms with Gasteiger partial charge in [-0.3, -0.25) is 0 Å². The van der Waals surface area contributed by atoms with Crippen LogP contribution in [0.2, 0.25) is 0 Å². The number of allylic oxidation sites excluding steroid dienone is 1. The van der Waals surface area contributed by atoms with Crippen LogP contribution in [-0.4, -0.2) is 11.1 Å². The van der Waals surface area contributed by atoms with E-state index in [9.17, 15) is 14.4 Å². The number of halogens is 1. The number of anilines is 1. The number of rotatable bonds is 6. The topological polar surface area (TPSA) is 85.2 Å². The van der Waals surface area contributed by atoms with Crippen LogP contribution < -0.4 is 10.9 Å². The molecule has 1 heterocycles. The molecule has 1 aliphatic heterocycles. The van der Waals surface area contributed by atoms with Crippen molar-refractivity contribution in [3.8, 4) is 6.07 Å². The van der Waals surface area contributed by atoms with Gasteiger partial charge in [-0.05, 0) is 95.0 Å². The largest absolute Gasteiger partial charge is 0.478 e. The first kappa shape index (κ1) is 22.6. The summed E-state index contributed by atoms with van der Waals surface area (Å²) in [6.07, 6.45) is 3.51. The second-order valence-corrected chi connectivity index (χ2v) is 8.93. The van der Waals surface area contributed by atoms with Gasteiger partial charge in [0.05, 0.1) is 17.3 Å². The molecule has 0 spiro atoms. The van der Waals surface area contributed by atoms with Crippen molar-refractivity contribution in [1.29, 1.82) is 5.26 Å². The van der Waals surface area contributed by atoms with Crippen molar-refractivity contribution in [2.45, 2.75) is 26.1 Å². The molecule has 1 atom stereocenters. The van der Waals surface area contributed by atoms with Gasteiger partial charge < -0.3 is 10.5 Å². The van der Waals surface area contributed by atoms with E-state index < -0.39 is 12.3 Å². The predicted molar refractivity (Wildman–Crippen MR) is 135 cm³/mol. The van der Waals surface area contributed by atoms with Crippen molar-refractivity contribution in [2.75, 3.05) is 5.43 Å². The number of alkyl halides is 1. The minimum atomic E-state index is -1.30. The van der Waals surface area contributed by atoms with Crippen molar-refractivity contribution in [3.05, 3.63) is 106 Å². The SMILES string of the molecule is Cc1cc(C#N)ccc1/C(=C(\c1ccc(/C=C/C(=O)O)cc1)c1ccc2c(c1)C(F)NN2)C1CC1. The molecule has 0 saturated heterocycles. The average Bonchev–Trinajstić information content (AvgIpc) is 3.64. The van der Waals surface area contributed by atoms with Crippen molar-refractivity contribution in [1.82, 2.24) is 5.43 Å². The van der Waals surface area contributed by atoms with E-state index in [0.717, 1.165) is 58.0 Å². The van der Waals surface area contributed by atoms with Crippen molar-refractivity contribution >= 4 is 28.9 Å². The molecule has 0 amide bonds. The van der Waals surface area contributed by atoms with Crippen LogP contribution in [0.3, 0.4) is 0 Å². The van der Waals surface area contributed by atoms with E-state index in [-0.39, 0.29) is 0 Å². The van der Waals surface area contributed by atoms with Gasteiger partial charge in [-0.15, -0.1) is 0 Å². The highest BCUT2D eigenvalue weighted by Gasteiger charge is 2.32. The zero-order valence-corrected chi connectivity index (χ0v) is 19.2. The summed E-state index contributed by atoms with van der Waals surface area (Å²) in [6, 6.07) is 21.5. The van der Waals surface area contributed by atoms with E-state index in [1.165, 1.54) is 5.57 Å². The first-order valence-electron chi connectivity index (χ1n) is 11.5. The number of benzene rings is 3. The van der Waals surface area contributed by atoms with Crippen molar-refractivity contribution in [2.24, 2.45) is 5.92 Å². The predicted octanol–water partition coefficient (Wildman–Crippen LogP) is 6.23. The number of aliphatic carboxylic acids is 1. The third kappa shape index (κ3) is 4.59. The molecule has 1 aliphatic carbocycles. The second-order valence-electron chi connectivity index (χ2n) is 8.93. The fourth-order valence-corrected chi connectivity index (χ4v) is 4.63.